The van der Waals surface area contributed by atoms with Crippen LogP contribution in [0, 0.1) is 0 Å². The van der Waals surface area contributed by atoms with E-state index in [4.69, 9.17) is 9.47 Å². The third kappa shape index (κ3) is 9.29. The summed E-state index contributed by atoms with van der Waals surface area (Å²) in [7, 11) is 0. The second-order valence-electron chi connectivity index (χ2n) is 4.56. The summed E-state index contributed by atoms with van der Waals surface area (Å²) < 4.78 is 11.3. The van der Waals surface area contributed by atoms with Gasteiger partial charge >= 0.3 is 0 Å². The Morgan fingerprint density at radius 3 is 2.33 bits per heavy atom. The highest BCUT2D eigenvalue weighted by Gasteiger charge is 2.07. The molecule has 1 atom stereocenters. The summed E-state index contributed by atoms with van der Waals surface area (Å²) in [5.41, 5.74) is 1.30. The van der Waals surface area contributed by atoms with Crippen molar-refractivity contribution in [1.29, 1.82) is 0 Å². The minimum atomic E-state index is 0.123. The van der Waals surface area contributed by atoms with E-state index >= 15 is 0 Å². The molecule has 0 heterocycles. The molecule has 0 radical (unpaired) electrons. The lowest BCUT2D eigenvalue weighted by atomic mass is 10.1. The Labute approximate surface area is 113 Å². The molecule has 0 N–H and O–H groups in total. The van der Waals surface area contributed by atoms with Gasteiger partial charge in [0, 0.05) is 13.0 Å². The van der Waals surface area contributed by atoms with E-state index in [0.29, 0.717) is 0 Å². The number of hydrogen-bond acceptors (Lipinski definition) is 2. The van der Waals surface area contributed by atoms with Crippen LogP contribution in [-0.4, -0.2) is 19.3 Å². The molecule has 0 aromatic rings. The molecule has 0 spiro atoms. The van der Waals surface area contributed by atoms with Crippen LogP contribution in [0.1, 0.15) is 59.3 Å². The SMILES string of the molecule is C=CC(CC(=COCCCC)CC)OCCCC. The molecule has 0 amide bonds. The molecule has 0 fully saturated rings. The van der Waals surface area contributed by atoms with Crippen LogP contribution in [0.5, 0.6) is 0 Å². The number of rotatable bonds is 12. The van der Waals surface area contributed by atoms with Gasteiger partial charge in [0.15, 0.2) is 0 Å². The zero-order valence-electron chi connectivity index (χ0n) is 12.4. The summed E-state index contributed by atoms with van der Waals surface area (Å²) in [6, 6.07) is 0. The van der Waals surface area contributed by atoms with E-state index < -0.39 is 0 Å². The van der Waals surface area contributed by atoms with Crippen molar-refractivity contribution in [3.8, 4) is 0 Å². The molecule has 1 unspecified atom stereocenters. The van der Waals surface area contributed by atoms with E-state index in [1.807, 2.05) is 12.3 Å². The first-order chi connectivity index (χ1) is 8.78. The first kappa shape index (κ1) is 17.2. The van der Waals surface area contributed by atoms with Crippen molar-refractivity contribution in [1.82, 2.24) is 0 Å². The van der Waals surface area contributed by atoms with Gasteiger partial charge in [-0.15, -0.1) is 6.58 Å². The molecule has 0 rings (SSSR count). The van der Waals surface area contributed by atoms with Crippen LogP contribution in [0.25, 0.3) is 0 Å². The van der Waals surface area contributed by atoms with Crippen molar-refractivity contribution in [3.05, 3.63) is 24.5 Å². The third-order valence-corrected chi connectivity index (χ3v) is 2.88. The average Bonchev–Trinajstić information content (AvgIpc) is 2.40. The van der Waals surface area contributed by atoms with Crippen LogP contribution in [0.2, 0.25) is 0 Å². The van der Waals surface area contributed by atoms with Gasteiger partial charge in [0.05, 0.1) is 19.0 Å². The van der Waals surface area contributed by atoms with Gasteiger partial charge in [-0.2, -0.15) is 0 Å². The molecule has 0 aromatic heterocycles. The second kappa shape index (κ2) is 12.7. The van der Waals surface area contributed by atoms with Gasteiger partial charge in [-0.1, -0.05) is 39.7 Å². The van der Waals surface area contributed by atoms with Crippen molar-refractivity contribution in [2.24, 2.45) is 0 Å². The van der Waals surface area contributed by atoms with Gasteiger partial charge in [-0.05, 0) is 24.8 Å². The molecule has 2 heteroatoms. The highest BCUT2D eigenvalue weighted by Crippen LogP contribution is 2.14. The lowest BCUT2D eigenvalue weighted by Gasteiger charge is -2.15. The van der Waals surface area contributed by atoms with Gasteiger partial charge in [0.25, 0.3) is 0 Å². The molecule has 0 aliphatic rings. The molecule has 106 valence electrons. The third-order valence-electron chi connectivity index (χ3n) is 2.88. The summed E-state index contributed by atoms with van der Waals surface area (Å²) in [6.45, 7) is 12.0. The number of hydrogen-bond donors (Lipinski definition) is 0. The lowest BCUT2D eigenvalue weighted by molar-refractivity contribution is 0.0821. The number of unbranched alkanes of at least 4 members (excludes halogenated alkanes) is 2. The van der Waals surface area contributed by atoms with Crippen molar-refractivity contribution in [3.63, 3.8) is 0 Å². The average molecular weight is 254 g/mol. The minimum absolute atomic E-state index is 0.123. The Kier molecular flexibility index (Phi) is 12.2. The van der Waals surface area contributed by atoms with Gasteiger partial charge in [-0.3, -0.25) is 0 Å². The fourth-order valence-electron chi connectivity index (χ4n) is 1.53. The summed E-state index contributed by atoms with van der Waals surface area (Å²) in [5.74, 6) is 0. The maximum atomic E-state index is 5.78. The monoisotopic (exact) mass is 254 g/mol. The summed E-state index contributed by atoms with van der Waals surface area (Å²) in [4.78, 5) is 0. The Morgan fingerprint density at radius 1 is 1.11 bits per heavy atom. The molecule has 0 bridgehead atoms. The van der Waals surface area contributed by atoms with E-state index in [9.17, 15) is 0 Å². The molecular weight excluding hydrogens is 224 g/mol. The van der Waals surface area contributed by atoms with E-state index in [1.165, 1.54) is 18.4 Å². The van der Waals surface area contributed by atoms with Gasteiger partial charge in [0.1, 0.15) is 0 Å². The standard InChI is InChI=1S/C16H30O2/c1-5-9-11-17-14-15(7-3)13-16(8-4)18-12-10-6-2/h8,14,16H,4-7,9-13H2,1-3H3. The van der Waals surface area contributed by atoms with Crippen LogP contribution < -0.4 is 0 Å². The highest BCUT2D eigenvalue weighted by molar-refractivity contribution is 5.02. The van der Waals surface area contributed by atoms with Gasteiger partial charge in [0.2, 0.25) is 0 Å². The van der Waals surface area contributed by atoms with Gasteiger partial charge in [-0.25, -0.2) is 0 Å². The quantitative estimate of drug-likeness (QED) is 0.281. The summed E-state index contributed by atoms with van der Waals surface area (Å²) in [5, 5.41) is 0. The predicted octanol–water partition coefficient (Wildman–Crippen LogP) is 4.86. The lowest BCUT2D eigenvalue weighted by Crippen LogP contribution is -2.11. The zero-order valence-corrected chi connectivity index (χ0v) is 12.4. The first-order valence-electron chi connectivity index (χ1n) is 7.32. The predicted molar refractivity (Wildman–Crippen MR) is 78.7 cm³/mol. The smallest absolute Gasteiger partial charge is 0.0873 e. The summed E-state index contributed by atoms with van der Waals surface area (Å²) >= 11 is 0. The molecule has 0 aromatic carbocycles. The van der Waals surface area contributed by atoms with Crippen molar-refractivity contribution >= 4 is 0 Å². The topological polar surface area (TPSA) is 18.5 Å². The Morgan fingerprint density at radius 2 is 1.78 bits per heavy atom. The highest BCUT2D eigenvalue weighted by atomic mass is 16.5. The Bertz CT molecular complexity index is 221. The van der Waals surface area contributed by atoms with E-state index in [-0.39, 0.29) is 6.10 Å². The zero-order chi connectivity index (χ0) is 13.6. The summed E-state index contributed by atoms with van der Waals surface area (Å²) in [6.07, 6.45) is 10.4. The van der Waals surface area contributed by atoms with Crippen molar-refractivity contribution in [2.45, 2.75) is 65.4 Å². The van der Waals surface area contributed by atoms with Crippen molar-refractivity contribution < 1.29 is 9.47 Å². The van der Waals surface area contributed by atoms with Crippen molar-refractivity contribution in [2.75, 3.05) is 13.2 Å². The first-order valence-corrected chi connectivity index (χ1v) is 7.32. The van der Waals surface area contributed by atoms with Crippen LogP contribution in [0.15, 0.2) is 24.5 Å². The second-order valence-corrected chi connectivity index (χ2v) is 4.56. The Hall–Kier alpha value is -0.760. The molecule has 0 saturated carbocycles. The van der Waals surface area contributed by atoms with Crippen LogP contribution in [0.4, 0.5) is 0 Å². The van der Waals surface area contributed by atoms with E-state index in [2.05, 4.69) is 27.4 Å². The Balaban J connectivity index is 4.00. The molecular formula is C16H30O2. The maximum Gasteiger partial charge on any atom is 0.0873 e. The molecule has 0 aliphatic carbocycles. The van der Waals surface area contributed by atoms with Crippen LogP contribution in [-0.2, 0) is 9.47 Å². The number of ether oxygens (including phenoxy) is 2. The fraction of sp³-hybridized carbons (Fsp3) is 0.750. The minimum Gasteiger partial charge on any atom is -0.501 e. The molecule has 18 heavy (non-hydrogen) atoms. The van der Waals surface area contributed by atoms with Crippen LogP contribution in [0.3, 0.4) is 0 Å². The van der Waals surface area contributed by atoms with E-state index in [1.54, 1.807) is 0 Å². The largest absolute Gasteiger partial charge is 0.501 e. The van der Waals surface area contributed by atoms with Crippen LogP contribution >= 0.6 is 0 Å². The maximum absolute atomic E-state index is 5.78. The van der Waals surface area contributed by atoms with Gasteiger partial charge < -0.3 is 9.47 Å². The normalized spacial score (nSPS) is 13.4. The molecule has 0 aliphatic heterocycles. The fourth-order valence-corrected chi connectivity index (χ4v) is 1.53. The van der Waals surface area contributed by atoms with E-state index in [0.717, 1.165) is 38.9 Å². The molecule has 2 nitrogen and oxygen atoms in total. The molecule has 0 saturated heterocycles.